The third-order valence-electron chi connectivity index (χ3n) is 3.34. The Kier molecular flexibility index (Phi) is 3.93. The molecule has 4 nitrogen and oxygen atoms in total. The Morgan fingerprint density at radius 2 is 1.95 bits per heavy atom. The Bertz CT molecular complexity index is 617. The van der Waals surface area contributed by atoms with E-state index in [0.29, 0.717) is 5.82 Å². The van der Waals surface area contributed by atoms with Crippen LogP contribution in [0.3, 0.4) is 0 Å². The molecule has 2 aromatic rings. The van der Waals surface area contributed by atoms with Crippen molar-refractivity contribution in [3.05, 3.63) is 36.4 Å². The molecule has 0 saturated heterocycles. The van der Waals surface area contributed by atoms with Crippen molar-refractivity contribution in [2.75, 3.05) is 5.32 Å². The van der Waals surface area contributed by atoms with Crippen LogP contribution < -0.4 is 5.32 Å². The summed E-state index contributed by atoms with van der Waals surface area (Å²) in [5.74, 6) is -0.0944. The van der Waals surface area contributed by atoms with Crippen molar-refractivity contribution in [1.82, 2.24) is 4.98 Å². The molecule has 2 rings (SSSR count). The number of nitrogens with one attached hydrogen (secondary N) is 1. The Hall–Kier alpha value is -2.10. The molecular formula is C16H20N2O2. The summed E-state index contributed by atoms with van der Waals surface area (Å²) in [4.78, 5) is 15.5. The summed E-state index contributed by atoms with van der Waals surface area (Å²) in [6.45, 7) is 6.07. The van der Waals surface area contributed by atoms with E-state index in [2.05, 4.69) is 10.3 Å². The van der Waals surface area contributed by atoms with Gasteiger partial charge in [0.1, 0.15) is 5.82 Å². The molecule has 0 radical (unpaired) electrons. The molecule has 1 atom stereocenters. The molecule has 20 heavy (non-hydrogen) atoms. The topological polar surface area (TPSA) is 62.2 Å². The van der Waals surface area contributed by atoms with Gasteiger partial charge in [-0.15, -0.1) is 0 Å². The summed E-state index contributed by atoms with van der Waals surface area (Å²) < 4.78 is 0. The number of nitrogens with zero attached hydrogens (tertiary/aromatic N) is 1. The van der Waals surface area contributed by atoms with Crippen LogP contribution in [0.1, 0.15) is 27.2 Å². The lowest BCUT2D eigenvalue weighted by atomic mass is 9.85. The standard InChI is InChI=1S/C16H20N2O2/c1-16(2,3)13(10-15(19)20)18-14-9-8-11-6-4-5-7-12(11)17-14/h4-9,13H,10H2,1-3H3,(H,17,18)(H,19,20). The molecule has 0 bridgehead atoms. The van der Waals surface area contributed by atoms with Crippen LogP contribution >= 0.6 is 0 Å². The van der Waals surface area contributed by atoms with Crippen LogP contribution in [0, 0.1) is 5.41 Å². The highest BCUT2D eigenvalue weighted by atomic mass is 16.4. The van der Waals surface area contributed by atoms with Crippen molar-refractivity contribution in [1.29, 1.82) is 0 Å². The number of carbonyl (C=O) groups is 1. The van der Waals surface area contributed by atoms with E-state index in [4.69, 9.17) is 5.11 Å². The second kappa shape index (κ2) is 5.49. The normalized spacial score (nSPS) is 13.2. The predicted octanol–water partition coefficient (Wildman–Crippen LogP) is 3.54. The largest absolute Gasteiger partial charge is 0.481 e. The first-order valence-corrected chi connectivity index (χ1v) is 6.70. The summed E-state index contributed by atoms with van der Waals surface area (Å²) in [5, 5.41) is 13.4. The van der Waals surface area contributed by atoms with E-state index in [9.17, 15) is 4.79 Å². The first-order chi connectivity index (χ1) is 9.36. The van der Waals surface area contributed by atoms with Gasteiger partial charge < -0.3 is 10.4 Å². The third kappa shape index (κ3) is 3.47. The lowest BCUT2D eigenvalue weighted by molar-refractivity contribution is -0.137. The quantitative estimate of drug-likeness (QED) is 0.893. The smallest absolute Gasteiger partial charge is 0.305 e. The van der Waals surface area contributed by atoms with Gasteiger partial charge in [-0.1, -0.05) is 39.0 Å². The molecule has 0 aliphatic rings. The average Bonchev–Trinajstić information content (AvgIpc) is 2.36. The minimum atomic E-state index is -0.807. The van der Waals surface area contributed by atoms with Gasteiger partial charge in [0.2, 0.25) is 0 Å². The molecule has 1 aromatic heterocycles. The Morgan fingerprint density at radius 3 is 2.60 bits per heavy atom. The number of fused-ring (bicyclic) bond motifs is 1. The molecule has 1 unspecified atom stereocenters. The number of hydrogen-bond acceptors (Lipinski definition) is 3. The molecule has 0 spiro atoms. The SMILES string of the molecule is CC(C)(C)C(CC(=O)O)Nc1ccc2ccccc2n1. The van der Waals surface area contributed by atoms with Crippen molar-refractivity contribution >= 4 is 22.7 Å². The van der Waals surface area contributed by atoms with Gasteiger partial charge in [-0.2, -0.15) is 0 Å². The van der Waals surface area contributed by atoms with Gasteiger partial charge in [0.15, 0.2) is 0 Å². The number of benzene rings is 1. The Morgan fingerprint density at radius 1 is 1.25 bits per heavy atom. The maximum Gasteiger partial charge on any atom is 0.305 e. The van der Waals surface area contributed by atoms with Gasteiger partial charge >= 0.3 is 5.97 Å². The van der Waals surface area contributed by atoms with E-state index < -0.39 is 5.97 Å². The molecule has 0 amide bonds. The summed E-state index contributed by atoms with van der Waals surface area (Å²) in [6, 6.07) is 11.6. The van der Waals surface area contributed by atoms with Gasteiger partial charge in [0.25, 0.3) is 0 Å². The molecule has 0 aliphatic carbocycles. The summed E-state index contributed by atoms with van der Waals surface area (Å²) >= 11 is 0. The fourth-order valence-electron chi connectivity index (χ4n) is 2.07. The summed E-state index contributed by atoms with van der Waals surface area (Å²) in [5.41, 5.74) is 0.742. The molecule has 2 N–H and O–H groups in total. The third-order valence-corrected chi connectivity index (χ3v) is 3.34. The number of aromatic nitrogens is 1. The Balaban J connectivity index is 2.26. The van der Waals surface area contributed by atoms with Gasteiger partial charge in [0.05, 0.1) is 11.9 Å². The highest BCUT2D eigenvalue weighted by molar-refractivity contribution is 5.80. The number of para-hydroxylation sites is 1. The zero-order chi connectivity index (χ0) is 14.8. The second-order valence-corrected chi connectivity index (χ2v) is 6.05. The van der Waals surface area contributed by atoms with Crippen LogP contribution in [0.2, 0.25) is 0 Å². The van der Waals surface area contributed by atoms with Gasteiger partial charge in [-0.05, 0) is 23.6 Å². The molecular weight excluding hydrogens is 252 g/mol. The molecule has 0 aliphatic heterocycles. The zero-order valence-electron chi connectivity index (χ0n) is 12.1. The maximum atomic E-state index is 11.0. The summed E-state index contributed by atoms with van der Waals surface area (Å²) in [7, 11) is 0. The molecule has 0 fully saturated rings. The number of pyridine rings is 1. The monoisotopic (exact) mass is 272 g/mol. The van der Waals surface area contributed by atoms with Gasteiger partial charge in [-0.3, -0.25) is 4.79 Å². The Labute approximate surface area is 118 Å². The van der Waals surface area contributed by atoms with E-state index in [0.717, 1.165) is 10.9 Å². The second-order valence-electron chi connectivity index (χ2n) is 6.05. The number of aliphatic carboxylic acids is 1. The lowest BCUT2D eigenvalue weighted by Gasteiger charge is -2.30. The minimum Gasteiger partial charge on any atom is -0.481 e. The van der Waals surface area contributed by atoms with Crippen LogP contribution in [0.4, 0.5) is 5.82 Å². The van der Waals surface area contributed by atoms with Crippen molar-refractivity contribution in [3.63, 3.8) is 0 Å². The molecule has 0 saturated carbocycles. The molecule has 1 heterocycles. The van der Waals surface area contributed by atoms with Crippen LogP contribution in [-0.2, 0) is 4.79 Å². The predicted molar refractivity (Wildman–Crippen MR) is 80.9 cm³/mol. The number of carboxylic acid groups (broad SMARTS) is 1. The lowest BCUT2D eigenvalue weighted by Crippen LogP contribution is -2.36. The molecule has 106 valence electrons. The zero-order valence-corrected chi connectivity index (χ0v) is 12.1. The number of hydrogen-bond donors (Lipinski definition) is 2. The van der Waals surface area contributed by atoms with Crippen molar-refractivity contribution < 1.29 is 9.90 Å². The van der Waals surface area contributed by atoms with E-state index in [1.165, 1.54) is 0 Å². The highest BCUT2D eigenvalue weighted by Crippen LogP contribution is 2.26. The van der Waals surface area contributed by atoms with Gasteiger partial charge in [0, 0.05) is 11.4 Å². The van der Waals surface area contributed by atoms with E-state index in [1.807, 2.05) is 57.2 Å². The van der Waals surface area contributed by atoms with E-state index >= 15 is 0 Å². The van der Waals surface area contributed by atoms with Crippen LogP contribution in [0.25, 0.3) is 10.9 Å². The minimum absolute atomic E-state index is 0.0675. The molecule has 4 heteroatoms. The van der Waals surface area contributed by atoms with Crippen LogP contribution in [0.15, 0.2) is 36.4 Å². The molecule has 1 aromatic carbocycles. The maximum absolute atomic E-state index is 11.0. The first kappa shape index (κ1) is 14.3. The number of carboxylic acids is 1. The highest BCUT2D eigenvalue weighted by Gasteiger charge is 2.27. The van der Waals surface area contributed by atoms with Crippen molar-refractivity contribution in [3.8, 4) is 0 Å². The number of anilines is 1. The fourth-order valence-corrected chi connectivity index (χ4v) is 2.07. The summed E-state index contributed by atoms with van der Waals surface area (Å²) in [6.07, 6.45) is 0.0675. The number of rotatable bonds is 4. The fraction of sp³-hybridized carbons (Fsp3) is 0.375. The first-order valence-electron chi connectivity index (χ1n) is 6.70. The van der Waals surface area contributed by atoms with Crippen molar-refractivity contribution in [2.45, 2.75) is 33.2 Å². The van der Waals surface area contributed by atoms with Crippen molar-refractivity contribution in [2.24, 2.45) is 5.41 Å². The van der Waals surface area contributed by atoms with E-state index in [1.54, 1.807) is 0 Å². The van der Waals surface area contributed by atoms with Crippen LogP contribution in [-0.4, -0.2) is 22.1 Å². The van der Waals surface area contributed by atoms with Gasteiger partial charge in [-0.25, -0.2) is 4.98 Å². The van der Waals surface area contributed by atoms with Crippen LogP contribution in [0.5, 0.6) is 0 Å². The average molecular weight is 272 g/mol. The van der Waals surface area contributed by atoms with E-state index in [-0.39, 0.29) is 17.9 Å².